The zero-order chi connectivity index (χ0) is 29.3. The van der Waals surface area contributed by atoms with E-state index in [1.54, 1.807) is 13.1 Å². The first-order valence-corrected chi connectivity index (χ1v) is 26.4. The number of allylic oxidation sites excluding steroid dienone is 8. The number of benzene rings is 4. The Morgan fingerprint density at radius 1 is 0.545 bits per heavy atom. The first kappa shape index (κ1) is 34.4. The van der Waals surface area contributed by atoms with E-state index in [-0.39, 0.29) is 24.8 Å². The maximum absolute atomic E-state index is 4.38. The zero-order valence-corrected chi connectivity index (χ0v) is 31.9. The molecule has 0 nitrogen and oxygen atoms in total. The quantitative estimate of drug-likeness (QED) is 0.160. The van der Waals surface area contributed by atoms with Crippen LogP contribution in [-0.4, -0.2) is 6.88 Å². The van der Waals surface area contributed by atoms with Crippen molar-refractivity contribution in [2.45, 2.75) is 53.4 Å². The minimum absolute atomic E-state index is 0. The molecule has 0 aromatic heterocycles. The molecular formula is C40H44Cl2SiZr. The fourth-order valence-corrected chi connectivity index (χ4v) is 32.7. The summed E-state index contributed by atoms with van der Waals surface area (Å²) in [6.07, 6.45) is 9.24. The van der Waals surface area contributed by atoms with Crippen LogP contribution in [0.2, 0.25) is 0 Å². The van der Waals surface area contributed by atoms with E-state index in [0.29, 0.717) is 0 Å². The van der Waals surface area contributed by atoms with Crippen molar-refractivity contribution in [3.8, 4) is 0 Å². The van der Waals surface area contributed by atoms with Gasteiger partial charge in [0.25, 0.3) is 0 Å². The van der Waals surface area contributed by atoms with Crippen molar-refractivity contribution >= 4 is 49.4 Å². The van der Waals surface area contributed by atoms with Crippen LogP contribution in [0, 0.1) is 0 Å². The molecular weight excluding hydrogens is 671 g/mol. The minimum atomic E-state index is -4.38. The number of hydrogen-bond donors (Lipinski definition) is 0. The topological polar surface area (TPSA) is 0 Å². The first-order valence-electron chi connectivity index (χ1n) is 15.5. The van der Waals surface area contributed by atoms with E-state index in [0.717, 1.165) is 25.7 Å². The summed E-state index contributed by atoms with van der Waals surface area (Å²) >= 11 is -4.38. The van der Waals surface area contributed by atoms with Crippen LogP contribution >= 0.6 is 24.8 Å². The second kappa shape index (κ2) is 13.9. The predicted molar refractivity (Wildman–Crippen MR) is 197 cm³/mol. The van der Waals surface area contributed by atoms with Crippen LogP contribution in [0.15, 0.2) is 139 Å². The van der Waals surface area contributed by atoms with Crippen molar-refractivity contribution in [3.05, 3.63) is 161 Å². The van der Waals surface area contributed by atoms with Crippen molar-refractivity contribution in [3.63, 3.8) is 0 Å². The monoisotopic (exact) mass is 712 g/mol. The molecule has 0 bridgehead atoms. The van der Waals surface area contributed by atoms with Crippen LogP contribution in [0.5, 0.6) is 0 Å². The van der Waals surface area contributed by atoms with Crippen molar-refractivity contribution in [2.24, 2.45) is 0 Å². The normalized spacial score (nSPS) is 15.0. The molecule has 0 fully saturated rings. The van der Waals surface area contributed by atoms with Crippen LogP contribution in [0.3, 0.4) is 0 Å². The second-order valence-corrected chi connectivity index (χ2v) is 33.5. The minimum Gasteiger partial charge on any atom is -0.147 e. The Hall–Kier alpha value is -2.48. The fourth-order valence-electron chi connectivity index (χ4n) is 7.87. The molecule has 0 N–H and O–H groups in total. The van der Waals surface area contributed by atoms with Crippen LogP contribution in [0.1, 0.15) is 62.8 Å². The van der Waals surface area contributed by atoms with Crippen molar-refractivity contribution < 1.29 is 17.4 Å². The smallest absolute Gasteiger partial charge is 0.147 e. The predicted octanol–water partition coefficient (Wildman–Crippen LogP) is 9.37. The van der Waals surface area contributed by atoms with Gasteiger partial charge in [-0.15, -0.1) is 24.8 Å². The molecule has 2 aliphatic carbocycles. The summed E-state index contributed by atoms with van der Waals surface area (Å²) in [7, 11) is 0. The first-order chi connectivity index (χ1) is 20.4. The summed E-state index contributed by atoms with van der Waals surface area (Å²) in [5, 5.41) is 0. The Labute approximate surface area is 279 Å². The Morgan fingerprint density at radius 2 is 0.932 bits per heavy atom. The molecule has 0 amide bonds. The summed E-state index contributed by atoms with van der Waals surface area (Å²) in [4.78, 5) is 0. The summed E-state index contributed by atoms with van der Waals surface area (Å²) in [6.45, 7) is 11.8. The molecule has 44 heavy (non-hydrogen) atoms. The Bertz CT molecular complexity index is 1720. The van der Waals surface area contributed by atoms with E-state index in [2.05, 4.69) is 156 Å². The zero-order valence-electron chi connectivity index (χ0n) is 26.4. The SMILES string of the molecule is CCc1cccc(C2=CC[C]([Zr](=[SiH2])([C]3=C(C)C(c4cccc(CC)c4)=CC3)([c]3ccccc3)[c]3ccccc3)=C2C)c1.Cl.Cl. The van der Waals surface area contributed by atoms with E-state index in [1.807, 2.05) is 0 Å². The van der Waals surface area contributed by atoms with Crippen molar-refractivity contribution in [1.29, 1.82) is 0 Å². The molecule has 0 saturated carbocycles. The third-order valence-corrected chi connectivity index (χ3v) is 37.4. The summed E-state index contributed by atoms with van der Waals surface area (Å²) in [6, 6.07) is 41.7. The Balaban J connectivity index is 0.00000221. The van der Waals surface area contributed by atoms with E-state index in [4.69, 9.17) is 0 Å². The molecule has 0 atom stereocenters. The number of hydrogen-bond acceptors (Lipinski definition) is 0. The largest absolute Gasteiger partial charge is 0.147 e. The van der Waals surface area contributed by atoms with Gasteiger partial charge in [-0.1, -0.05) is 0 Å². The molecule has 0 radical (unpaired) electrons. The molecule has 4 aromatic rings. The van der Waals surface area contributed by atoms with E-state index < -0.39 is 17.4 Å². The molecule has 6 rings (SSSR count). The van der Waals surface area contributed by atoms with Gasteiger partial charge in [0.05, 0.1) is 0 Å². The summed E-state index contributed by atoms with van der Waals surface area (Å²) < 4.78 is 6.52. The molecule has 2 aliphatic rings. The van der Waals surface area contributed by atoms with Crippen molar-refractivity contribution in [1.82, 2.24) is 0 Å². The number of rotatable bonds is 8. The molecule has 4 heteroatoms. The average Bonchev–Trinajstić information content (AvgIpc) is 3.65. The third kappa shape index (κ3) is 5.47. The van der Waals surface area contributed by atoms with Gasteiger partial charge >= 0.3 is 257 Å². The van der Waals surface area contributed by atoms with Crippen LogP contribution in [-0.2, 0) is 30.2 Å². The standard InChI is InChI=1S/2C14H15.2C6H5.2ClH.H2Si.Zr/c2*1-3-12-7-5-8-13(10-12)14-9-4-6-11(14)2;2*1-2-4-6-5-3-1;;;;/h2*5,7-10H,3-4H2,1-2H3;2*1-5H;2*1H;1H2;. The molecule has 0 aliphatic heterocycles. The fraction of sp³-hybridized carbons (Fsp3) is 0.200. The maximum atomic E-state index is 2.54. The van der Waals surface area contributed by atoms with Crippen LogP contribution < -0.4 is 6.54 Å². The van der Waals surface area contributed by atoms with Gasteiger partial charge in [0.15, 0.2) is 0 Å². The van der Waals surface area contributed by atoms with Crippen molar-refractivity contribution in [2.75, 3.05) is 0 Å². The van der Waals surface area contributed by atoms with Gasteiger partial charge in [-0.25, -0.2) is 0 Å². The van der Waals surface area contributed by atoms with Gasteiger partial charge < -0.3 is 0 Å². The molecule has 0 heterocycles. The van der Waals surface area contributed by atoms with Gasteiger partial charge in [0.1, 0.15) is 0 Å². The van der Waals surface area contributed by atoms with E-state index in [9.17, 15) is 0 Å². The molecule has 4 aromatic carbocycles. The van der Waals surface area contributed by atoms with Gasteiger partial charge in [-0.2, -0.15) is 0 Å². The van der Waals surface area contributed by atoms with E-state index >= 15 is 0 Å². The van der Waals surface area contributed by atoms with Gasteiger partial charge in [0, 0.05) is 0 Å². The Kier molecular flexibility index (Phi) is 10.9. The van der Waals surface area contributed by atoms with Gasteiger partial charge in [-0.3, -0.25) is 0 Å². The van der Waals surface area contributed by atoms with Gasteiger partial charge in [-0.05, 0) is 0 Å². The maximum Gasteiger partial charge on any atom is -0.147 e. The molecule has 0 spiro atoms. The number of halogens is 2. The van der Waals surface area contributed by atoms with Crippen LogP contribution in [0.25, 0.3) is 11.1 Å². The average molecular weight is 715 g/mol. The second-order valence-electron chi connectivity index (χ2n) is 12.1. The van der Waals surface area contributed by atoms with Crippen LogP contribution in [0.4, 0.5) is 0 Å². The summed E-state index contributed by atoms with van der Waals surface area (Å²) in [5.41, 5.74) is 11.4. The summed E-state index contributed by atoms with van der Waals surface area (Å²) in [5.74, 6) is 0. The number of aryl methyl sites for hydroxylation is 2. The van der Waals surface area contributed by atoms with E-state index in [1.165, 1.54) is 44.5 Å². The molecule has 226 valence electrons. The molecule has 0 saturated heterocycles. The van der Waals surface area contributed by atoms with Gasteiger partial charge in [0.2, 0.25) is 0 Å². The molecule has 0 unspecified atom stereocenters. The third-order valence-electron chi connectivity index (χ3n) is 10.2. The Morgan fingerprint density at radius 3 is 1.30 bits per heavy atom.